The summed E-state index contributed by atoms with van der Waals surface area (Å²) in [6.45, 7) is 6.94. The standard InChI is InChI=1S/C16H26N2O2S/c1-3-5-14-21(19,20)18-12-10-17(11-13-18)16-9-7-6-8-15(16)4-2/h6-9H,3-5,10-14H2,1-2H3. The molecule has 0 spiro atoms. The van der Waals surface area contributed by atoms with E-state index < -0.39 is 10.0 Å². The van der Waals surface area contributed by atoms with Crippen LogP contribution in [0.15, 0.2) is 24.3 Å². The maximum atomic E-state index is 12.2. The van der Waals surface area contributed by atoms with Crippen LogP contribution in [-0.2, 0) is 16.4 Å². The molecule has 0 bridgehead atoms. The molecular weight excluding hydrogens is 284 g/mol. The van der Waals surface area contributed by atoms with Crippen LogP contribution >= 0.6 is 0 Å². The molecule has 0 atom stereocenters. The van der Waals surface area contributed by atoms with Gasteiger partial charge < -0.3 is 4.90 Å². The molecule has 0 amide bonds. The molecule has 118 valence electrons. The highest BCUT2D eigenvalue weighted by molar-refractivity contribution is 7.89. The van der Waals surface area contributed by atoms with E-state index in [0.29, 0.717) is 13.1 Å². The van der Waals surface area contributed by atoms with Gasteiger partial charge in [0.15, 0.2) is 0 Å². The summed E-state index contributed by atoms with van der Waals surface area (Å²) < 4.78 is 26.1. The summed E-state index contributed by atoms with van der Waals surface area (Å²) in [4.78, 5) is 2.31. The van der Waals surface area contributed by atoms with Gasteiger partial charge in [0.1, 0.15) is 0 Å². The van der Waals surface area contributed by atoms with E-state index >= 15 is 0 Å². The normalized spacial score (nSPS) is 17.1. The van der Waals surface area contributed by atoms with Crippen molar-refractivity contribution in [2.75, 3.05) is 36.8 Å². The summed E-state index contributed by atoms with van der Waals surface area (Å²) >= 11 is 0. The van der Waals surface area contributed by atoms with Crippen molar-refractivity contribution in [3.63, 3.8) is 0 Å². The summed E-state index contributed by atoms with van der Waals surface area (Å²) in [7, 11) is -3.06. The molecule has 2 rings (SSSR count). The highest BCUT2D eigenvalue weighted by Gasteiger charge is 2.26. The number of nitrogens with zero attached hydrogens (tertiary/aromatic N) is 2. The number of unbranched alkanes of at least 4 members (excludes halogenated alkanes) is 1. The minimum atomic E-state index is -3.06. The lowest BCUT2D eigenvalue weighted by Crippen LogP contribution is -2.49. The smallest absolute Gasteiger partial charge is 0.214 e. The summed E-state index contributed by atoms with van der Waals surface area (Å²) in [6, 6.07) is 8.41. The van der Waals surface area contributed by atoms with Gasteiger partial charge in [-0.15, -0.1) is 0 Å². The highest BCUT2D eigenvalue weighted by Crippen LogP contribution is 2.23. The Morgan fingerprint density at radius 2 is 1.71 bits per heavy atom. The van der Waals surface area contributed by atoms with Crippen LogP contribution in [0.1, 0.15) is 32.3 Å². The molecule has 1 saturated heterocycles. The van der Waals surface area contributed by atoms with Crippen molar-refractivity contribution in [3.8, 4) is 0 Å². The van der Waals surface area contributed by atoms with E-state index in [2.05, 4.69) is 36.1 Å². The van der Waals surface area contributed by atoms with Gasteiger partial charge in [-0.3, -0.25) is 0 Å². The Hall–Kier alpha value is -1.07. The molecule has 21 heavy (non-hydrogen) atoms. The van der Waals surface area contributed by atoms with Crippen LogP contribution in [0.5, 0.6) is 0 Å². The van der Waals surface area contributed by atoms with E-state index in [1.165, 1.54) is 11.3 Å². The van der Waals surface area contributed by atoms with Gasteiger partial charge in [0.25, 0.3) is 0 Å². The first-order valence-electron chi connectivity index (χ1n) is 7.89. The van der Waals surface area contributed by atoms with Crippen molar-refractivity contribution in [2.24, 2.45) is 0 Å². The van der Waals surface area contributed by atoms with E-state index in [4.69, 9.17) is 0 Å². The third kappa shape index (κ3) is 3.98. The fourth-order valence-electron chi connectivity index (χ4n) is 2.78. The molecule has 0 N–H and O–H groups in total. The maximum Gasteiger partial charge on any atom is 0.214 e. The quantitative estimate of drug-likeness (QED) is 0.810. The molecule has 4 nitrogen and oxygen atoms in total. The number of rotatable bonds is 6. The van der Waals surface area contributed by atoms with Gasteiger partial charge in [-0.25, -0.2) is 8.42 Å². The second-order valence-electron chi connectivity index (χ2n) is 5.54. The maximum absolute atomic E-state index is 12.2. The van der Waals surface area contributed by atoms with Crippen LogP contribution in [0.4, 0.5) is 5.69 Å². The molecular formula is C16H26N2O2S. The topological polar surface area (TPSA) is 40.6 Å². The Balaban J connectivity index is 2.00. The van der Waals surface area contributed by atoms with E-state index in [9.17, 15) is 8.42 Å². The lowest BCUT2D eigenvalue weighted by molar-refractivity contribution is 0.384. The molecule has 1 aromatic carbocycles. The molecule has 1 aliphatic heterocycles. The Morgan fingerprint density at radius 3 is 2.33 bits per heavy atom. The van der Waals surface area contributed by atoms with Crippen LogP contribution < -0.4 is 4.90 Å². The van der Waals surface area contributed by atoms with Crippen molar-refractivity contribution in [3.05, 3.63) is 29.8 Å². The average molecular weight is 310 g/mol. The molecule has 1 fully saturated rings. The number of hydrogen-bond donors (Lipinski definition) is 0. The van der Waals surface area contributed by atoms with E-state index in [-0.39, 0.29) is 5.75 Å². The van der Waals surface area contributed by atoms with Crippen LogP contribution in [0, 0.1) is 0 Å². The highest BCUT2D eigenvalue weighted by atomic mass is 32.2. The first-order valence-corrected chi connectivity index (χ1v) is 9.50. The van der Waals surface area contributed by atoms with Crippen molar-refractivity contribution < 1.29 is 8.42 Å². The molecule has 1 aromatic rings. The number of benzene rings is 1. The Morgan fingerprint density at radius 1 is 1.05 bits per heavy atom. The number of hydrogen-bond acceptors (Lipinski definition) is 3. The van der Waals surface area contributed by atoms with Gasteiger partial charge in [-0.2, -0.15) is 4.31 Å². The van der Waals surface area contributed by atoms with Crippen LogP contribution in [0.25, 0.3) is 0 Å². The van der Waals surface area contributed by atoms with Crippen molar-refractivity contribution in [2.45, 2.75) is 33.1 Å². The van der Waals surface area contributed by atoms with Gasteiger partial charge >= 0.3 is 0 Å². The Bertz CT molecular complexity index is 549. The van der Waals surface area contributed by atoms with Crippen LogP contribution in [0.3, 0.4) is 0 Å². The summed E-state index contributed by atoms with van der Waals surface area (Å²) in [5.74, 6) is 0.287. The second kappa shape index (κ2) is 7.27. The minimum Gasteiger partial charge on any atom is -0.369 e. The first kappa shape index (κ1) is 16.3. The molecule has 0 aromatic heterocycles. The number of para-hydroxylation sites is 1. The zero-order chi connectivity index (χ0) is 15.3. The molecule has 0 aliphatic carbocycles. The van der Waals surface area contributed by atoms with Gasteiger partial charge in [-0.1, -0.05) is 38.5 Å². The second-order valence-corrected chi connectivity index (χ2v) is 7.63. The summed E-state index contributed by atoms with van der Waals surface area (Å²) in [5.41, 5.74) is 2.59. The predicted molar refractivity (Wildman–Crippen MR) is 88.3 cm³/mol. The lowest BCUT2D eigenvalue weighted by atomic mass is 10.1. The molecule has 1 heterocycles. The van der Waals surface area contributed by atoms with Crippen molar-refractivity contribution in [1.29, 1.82) is 0 Å². The zero-order valence-corrected chi connectivity index (χ0v) is 13.9. The zero-order valence-electron chi connectivity index (χ0n) is 13.1. The van der Waals surface area contributed by atoms with E-state index in [0.717, 1.165) is 32.4 Å². The van der Waals surface area contributed by atoms with Gasteiger partial charge in [0.05, 0.1) is 5.75 Å². The summed E-state index contributed by atoms with van der Waals surface area (Å²) in [5, 5.41) is 0. The van der Waals surface area contributed by atoms with Crippen LogP contribution in [0.2, 0.25) is 0 Å². The molecule has 0 unspecified atom stereocenters. The number of piperazine rings is 1. The molecule has 0 radical (unpaired) electrons. The minimum absolute atomic E-state index is 0.287. The molecule has 5 heteroatoms. The summed E-state index contributed by atoms with van der Waals surface area (Å²) in [6.07, 6.45) is 2.68. The monoisotopic (exact) mass is 310 g/mol. The third-order valence-electron chi connectivity index (χ3n) is 4.10. The lowest BCUT2D eigenvalue weighted by Gasteiger charge is -2.36. The first-order chi connectivity index (χ1) is 10.1. The predicted octanol–water partition coefficient (Wildman–Crippen LogP) is 2.50. The fraction of sp³-hybridized carbons (Fsp3) is 0.625. The van der Waals surface area contributed by atoms with Gasteiger partial charge in [0.2, 0.25) is 10.0 Å². The fourth-order valence-corrected chi connectivity index (χ4v) is 4.41. The van der Waals surface area contributed by atoms with Gasteiger partial charge in [-0.05, 0) is 24.5 Å². The Kier molecular flexibility index (Phi) is 5.65. The SMILES string of the molecule is CCCCS(=O)(=O)N1CCN(c2ccccc2CC)CC1. The number of aryl methyl sites for hydroxylation is 1. The van der Waals surface area contributed by atoms with Gasteiger partial charge in [0, 0.05) is 31.9 Å². The van der Waals surface area contributed by atoms with E-state index in [1.54, 1.807) is 4.31 Å². The van der Waals surface area contributed by atoms with E-state index in [1.807, 2.05) is 6.92 Å². The van der Waals surface area contributed by atoms with Crippen molar-refractivity contribution >= 4 is 15.7 Å². The van der Waals surface area contributed by atoms with Crippen LogP contribution in [-0.4, -0.2) is 44.7 Å². The number of sulfonamides is 1. The van der Waals surface area contributed by atoms with Crippen molar-refractivity contribution in [1.82, 2.24) is 4.31 Å². The third-order valence-corrected chi connectivity index (χ3v) is 6.06. The largest absolute Gasteiger partial charge is 0.369 e. The molecule has 1 aliphatic rings. The average Bonchev–Trinajstić information content (AvgIpc) is 2.53. The molecule has 0 saturated carbocycles. The number of anilines is 1. The Labute approximate surface area is 128 Å².